The van der Waals surface area contributed by atoms with Gasteiger partial charge in [0.25, 0.3) is 0 Å². The van der Waals surface area contributed by atoms with Crippen molar-refractivity contribution in [3.63, 3.8) is 0 Å². The summed E-state index contributed by atoms with van der Waals surface area (Å²) in [6.07, 6.45) is 14.6. The molecule has 0 aliphatic carbocycles. The SMILES string of the molecule is CCCCCCCCCC(O)CCCSC. The highest BCUT2D eigenvalue weighted by molar-refractivity contribution is 7.98. The molecule has 0 fully saturated rings. The van der Waals surface area contributed by atoms with E-state index in [1.54, 1.807) is 0 Å². The molecule has 1 unspecified atom stereocenters. The third kappa shape index (κ3) is 12.4. The molecular weight excluding hydrogens is 216 g/mol. The van der Waals surface area contributed by atoms with E-state index >= 15 is 0 Å². The van der Waals surface area contributed by atoms with Gasteiger partial charge in [-0.2, -0.15) is 11.8 Å². The van der Waals surface area contributed by atoms with Crippen LogP contribution in [0.25, 0.3) is 0 Å². The smallest absolute Gasteiger partial charge is 0.0540 e. The number of aliphatic hydroxyl groups excluding tert-OH is 1. The summed E-state index contributed by atoms with van der Waals surface area (Å²) in [6, 6.07) is 0. The maximum Gasteiger partial charge on any atom is 0.0540 e. The Morgan fingerprint density at radius 1 is 0.875 bits per heavy atom. The molecule has 1 nitrogen and oxygen atoms in total. The second kappa shape index (κ2) is 13.4. The van der Waals surface area contributed by atoms with Crippen LogP contribution >= 0.6 is 11.8 Å². The number of hydrogen-bond donors (Lipinski definition) is 1. The van der Waals surface area contributed by atoms with Crippen molar-refractivity contribution >= 4 is 11.8 Å². The Morgan fingerprint density at radius 2 is 1.44 bits per heavy atom. The second-order valence-corrected chi connectivity index (χ2v) is 5.68. The Kier molecular flexibility index (Phi) is 13.6. The van der Waals surface area contributed by atoms with E-state index in [-0.39, 0.29) is 6.10 Å². The zero-order chi connectivity index (χ0) is 12.1. The molecule has 0 saturated heterocycles. The van der Waals surface area contributed by atoms with E-state index in [1.165, 1.54) is 57.1 Å². The van der Waals surface area contributed by atoms with Gasteiger partial charge >= 0.3 is 0 Å². The Hall–Kier alpha value is 0.310. The minimum Gasteiger partial charge on any atom is -0.393 e. The van der Waals surface area contributed by atoms with Crippen molar-refractivity contribution in [2.24, 2.45) is 0 Å². The summed E-state index contributed by atoms with van der Waals surface area (Å²) in [5, 5.41) is 9.71. The summed E-state index contributed by atoms with van der Waals surface area (Å²) in [5.74, 6) is 1.19. The van der Waals surface area contributed by atoms with Crippen molar-refractivity contribution in [3.8, 4) is 0 Å². The van der Waals surface area contributed by atoms with Gasteiger partial charge in [-0.25, -0.2) is 0 Å². The van der Waals surface area contributed by atoms with E-state index in [1.807, 2.05) is 11.8 Å². The zero-order valence-electron chi connectivity index (χ0n) is 11.2. The first-order valence-corrected chi connectivity index (χ1v) is 8.37. The maximum atomic E-state index is 9.71. The van der Waals surface area contributed by atoms with E-state index < -0.39 is 0 Å². The first-order valence-electron chi connectivity index (χ1n) is 6.98. The fourth-order valence-electron chi connectivity index (χ4n) is 1.94. The molecule has 2 heteroatoms. The van der Waals surface area contributed by atoms with Gasteiger partial charge in [0.1, 0.15) is 0 Å². The third-order valence-corrected chi connectivity index (χ3v) is 3.72. The van der Waals surface area contributed by atoms with Gasteiger partial charge in [0.15, 0.2) is 0 Å². The normalized spacial score (nSPS) is 12.9. The van der Waals surface area contributed by atoms with Crippen LogP contribution < -0.4 is 0 Å². The number of unbranched alkanes of at least 4 members (excludes halogenated alkanes) is 6. The molecule has 0 aromatic heterocycles. The van der Waals surface area contributed by atoms with Crippen LogP contribution in [0.5, 0.6) is 0 Å². The second-order valence-electron chi connectivity index (χ2n) is 4.70. The molecule has 0 rings (SSSR count). The van der Waals surface area contributed by atoms with Gasteiger partial charge in [-0.15, -0.1) is 0 Å². The fourth-order valence-corrected chi connectivity index (χ4v) is 2.40. The maximum absolute atomic E-state index is 9.71. The third-order valence-electron chi connectivity index (χ3n) is 3.03. The number of hydrogen-bond acceptors (Lipinski definition) is 2. The lowest BCUT2D eigenvalue weighted by Gasteiger charge is -2.09. The standard InChI is InChI=1S/C14H30OS/c1-3-4-5-6-7-8-9-11-14(15)12-10-13-16-2/h14-15H,3-13H2,1-2H3. The molecule has 0 aromatic carbocycles. The lowest BCUT2D eigenvalue weighted by Crippen LogP contribution is -2.06. The summed E-state index contributed by atoms with van der Waals surface area (Å²) in [4.78, 5) is 0. The lowest BCUT2D eigenvalue weighted by molar-refractivity contribution is 0.150. The monoisotopic (exact) mass is 246 g/mol. The molecule has 0 spiro atoms. The lowest BCUT2D eigenvalue weighted by atomic mass is 10.0. The largest absolute Gasteiger partial charge is 0.393 e. The average Bonchev–Trinajstić information content (AvgIpc) is 2.28. The molecular formula is C14H30OS. The van der Waals surface area contributed by atoms with E-state index in [9.17, 15) is 5.11 Å². The van der Waals surface area contributed by atoms with E-state index in [0.29, 0.717) is 0 Å². The van der Waals surface area contributed by atoms with Crippen LogP contribution in [0, 0.1) is 0 Å². The van der Waals surface area contributed by atoms with Gasteiger partial charge in [0, 0.05) is 0 Å². The van der Waals surface area contributed by atoms with Crippen molar-refractivity contribution in [1.29, 1.82) is 0 Å². The Morgan fingerprint density at radius 3 is 2.06 bits per heavy atom. The first kappa shape index (κ1) is 16.3. The van der Waals surface area contributed by atoms with Gasteiger partial charge in [-0.1, -0.05) is 51.9 Å². The van der Waals surface area contributed by atoms with Crippen LogP contribution in [0.3, 0.4) is 0 Å². The van der Waals surface area contributed by atoms with Crippen molar-refractivity contribution in [3.05, 3.63) is 0 Å². The van der Waals surface area contributed by atoms with Crippen LogP contribution in [0.15, 0.2) is 0 Å². The fraction of sp³-hybridized carbons (Fsp3) is 1.00. The highest BCUT2D eigenvalue weighted by atomic mass is 32.2. The molecule has 0 radical (unpaired) electrons. The zero-order valence-corrected chi connectivity index (χ0v) is 12.0. The van der Waals surface area contributed by atoms with Crippen LogP contribution in [-0.4, -0.2) is 23.2 Å². The Balaban J connectivity index is 3.06. The minimum atomic E-state index is -0.0391. The van der Waals surface area contributed by atoms with Gasteiger partial charge in [0.2, 0.25) is 0 Å². The van der Waals surface area contributed by atoms with Crippen molar-refractivity contribution in [2.75, 3.05) is 12.0 Å². The Labute approximate surface area is 106 Å². The summed E-state index contributed by atoms with van der Waals surface area (Å²) in [7, 11) is 0. The number of rotatable bonds is 12. The van der Waals surface area contributed by atoms with Crippen molar-refractivity contribution in [1.82, 2.24) is 0 Å². The first-order chi connectivity index (χ1) is 7.81. The molecule has 0 aliphatic rings. The van der Waals surface area contributed by atoms with E-state index in [2.05, 4.69) is 13.2 Å². The predicted molar refractivity (Wildman–Crippen MR) is 76.2 cm³/mol. The average molecular weight is 246 g/mol. The highest BCUT2D eigenvalue weighted by Gasteiger charge is 2.02. The molecule has 1 N–H and O–H groups in total. The molecule has 0 amide bonds. The summed E-state index contributed by atoms with van der Waals surface area (Å²) in [5.41, 5.74) is 0. The van der Waals surface area contributed by atoms with E-state index in [0.717, 1.165) is 12.8 Å². The molecule has 1 atom stereocenters. The summed E-state index contributed by atoms with van der Waals surface area (Å²) in [6.45, 7) is 2.25. The Bertz CT molecular complexity index is 128. The van der Waals surface area contributed by atoms with Gasteiger partial charge in [-0.3, -0.25) is 0 Å². The predicted octanol–water partition coefficient (Wildman–Crippen LogP) is 4.63. The molecule has 98 valence electrons. The minimum absolute atomic E-state index is 0.0391. The van der Waals surface area contributed by atoms with Crippen LogP contribution in [-0.2, 0) is 0 Å². The molecule has 0 aliphatic heterocycles. The van der Waals surface area contributed by atoms with E-state index in [4.69, 9.17) is 0 Å². The van der Waals surface area contributed by atoms with Crippen molar-refractivity contribution in [2.45, 2.75) is 77.2 Å². The molecule has 0 heterocycles. The molecule has 0 saturated carbocycles. The van der Waals surface area contributed by atoms with Crippen molar-refractivity contribution < 1.29 is 5.11 Å². The van der Waals surface area contributed by atoms with Gasteiger partial charge in [0.05, 0.1) is 6.10 Å². The quantitative estimate of drug-likeness (QED) is 0.507. The van der Waals surface area contributed by atoms with Crippen LogP contribution in [0.1, 0.15) is 71.1 Å². The summed E-state index contributed by atoms with van der Waals surface area (Å²) < 4.78 is 0. The van der Waals surface area contributed by atoms with Gasteiger partial charge < -0.3 is 5.11 Å². The summed E-state index contributed by atoms with van der Waals surface area (Å²) >= 11 is 1.87. The number of aliphatic hydroxyl groups is 1. The van der Waals surface area contributed by atoms with Crippen LogP contribution in [0.4, 0.5) is 0 Å². The highest BCUT2D eigenvalue weighted by Crippen LogP contribution is 2.12. The molecule has 0 aromatic rings. The number of thioether (sulfide) groups is 1. The van der Waals surface area contributed by atoms with Gasteiger partial charge in [-0.05, 0) is 31.3 Å². The topological polar surface area (TPSA) is 20.2 Å². The molecule has 16 heavy (non-hydrogen) atoms. The molecule has 0 bridgehead atoms. The van der Waals surface area contributed by atoms with Crippen LogP contribution in [0.2, 0.25) is 0 Å².